The lowest BCUT2D eigenvalue weighted by atomic mass is 10.1. The minimum Gasteiger partial charge on any atom is -0.300 e. The standard InChI is InChI=1S/C10H12N4O2/c15-9-2-1-8(10(16)14-9)13-6-7-5-11-3-4-12-7/h3-5,8,13H,1-2,6H2,(H,14,15,16). The first-order chi connectivity index (χ1) is 7.75. The summed E-state index contributed by atoms with van der Waals surface area (Å²) in [5.41, 5.74) is 0.771. The quantitative estimate of drug-likeness (QED) is 0.663. The van der Waals surface area contributed by atoms with Crippen LogP contribution < -0.4 is 10.6 Å². The second-order valence-corrected chi connectivity index (χ2v) is 3.58. The van der Waals surface area contributed by atoms with Crippen molar-refractivity contribution in [3.8, 4) is 0 Å². The number of nitrogens with zero attached hydrogens (tertiary/aromatic N) is 2. The second-order valence-electron chi connectivity index (χ2n) is 3.58. The van der Waals surface area contributed by atoms with Crippen LogP contribution in [-0.4, -0.2) is 27.8 Å². The van der Waals surface area contributed by atoms with Crippen LogP contribution in [0, 0.1) is 0 Å². The van der Waals surface area contributed by atoms with Crippen molar-refractivity contribution in [1.82, 2.24) is 20.6 Å². The number of amides is 2. The van der Waals surface area contributed by atoms with Crippen LogP contribution in [0.2, 0.25) is 0 Å². The summed E-state index contributed by atoms with van der Waals surface area (Å²) in [5, 5.41) is 5.33. The molecule has 0 radical (unpaired) electrons. The lowest BCUT2D eigenvalue weighted by Crippen LogP contribution is -2.50. The molecule has 0 aromatic carbocycles. The molecule has 1 fully saturated rings. The van der Waals surface area contributed by atoms with Gasteiger partial charge in [0.2, 0.25) is 11.8 Å². The monoisotopic (exact) mass is 220 g/mol. The molecule has 0 spiro atoms. The topological polar surface area (TPSA) is 84.0 Å². The molecule has 16 heavy (non-hydrogen) atoms. The average molecular weight is 220 g/mol. The minimum absolute atomic E-state index is 0.206. The van der Waals surface area contributed by atoms with Crippen molar-refractivity contribution in [2.24, 2.45) is 0 Å². The molecule has 1 aromatic rings. The fourth-order valence-electron chi connectivity index (χ4n) is 1.54. The van der Waals surface area contributed by atoms with Gasteiger partial charge in [0.15, 0.2) is 0 Å². The van der Waals surface area contributed by atoms with Crippen LogP contribution in [0.5, 0.6) is 0 Å². The van der Waals surface area contributed by atoms with E-state index in [0.717, 1.165) is 5.69 Å². The van der Waals surface area contributed by atoms with Gasteiger partial charge >= 0.3 is 0 Å². The number of aromatic nitrogens is 2. The van der Waals surface area contributed by atoms with Crippen LogP contribution >= 0.6 is 0 Å². The minimum atomic E-state index is -0.320. The summed E-state index contributed by atoms with van der Waals surface area (Å²) in [5.74, 6) is -0.470. The number of hydrogen-bond acceptors (Lipinski definition) is 5. The highest BCUT2D eigenvalue weighted by Gasteiger charge is 2.25. The Hall–Kier alpha value is -1.82. The Balaban J connectivity index is 1.87. The molecule has 0 bridgehead atoms. The number of piperidine rings is 1. The summed E-state index contributed by atoms with van der Waals surface area (Å²) >= 11 is 0. The van der Waals surface area contributed by atoms with Crippen molar-refractivity contribution >= 4 is 11.8 Å². The van der Waals surface area contributed by atoms with E-state index in [9.17, 15) is 9.59 Å². The molecule has 2 heterocycles. The van der Waals surface area contributed by atoms with Crippen LogP contribution in [0.3, 0.4) is 0 Å². The largest absolute Gasteiger partial charge is 0.300 e. The van der Waals surface area contributed by atoms with E-state index in [0.29, 0.717) is 19.4 Å². The van der Waals surface area contributed by atoms with Gasteiger partial charge < -0.3 is 5.32 Å². The molecule has 2 rings (SSSR count). The zero-order valence-electron chi connectivity index (χ0n) is 8.64. The van der Waals surface area contributed by atoms with Crippen molar-refractivity contribution in [3.63, 3.8) is 0 Å². The Bertz CT molecular complexity index is 393. The Labute approximate surface area is 92.5 Å². The summed E-state index contributed by atoms with van der Waals surface area (Å²) in [4.78, 5) is 30.3. The smallest absolute Gasteiger partial charge is 0.243 e. The van der Waals surface area contributed by atoms with Gasteiger partial charge in [-0.2, -0.15) is 0 Å². The van der Waals surface area contributed by atoms with Gasteiger partial charge in [0.25, 0.3) is 0 Å². The van der Waals surface area contributed by atoms with E-state index in [1.54, 1.807) is 18.6 Å². The summed E-state index contributed by atoms with van der Waals surface area (Å²) < 4.78 is 0. The molecule has 2 amide bonds. The van der Waals surface area contributed by atoms with E-state index in [4.69, 9.17) is 0 Å². The molecule has 1 saturated heterocycles. The molecule has 6 heteroatoms. The molecule has 2 N–H and O–H groups in total. The SMILES string of the molecule is O=C1CCC(NCc2cnccn2)C(=O)N1. The van der Waals surface area contributed by atoms with E-state index in [1.165, 1.54) is 0 Å². The molecule has 6 nitrogen and oxygen atoms in total. The second kappa shape index (κ2) is 4.80. The van der Waals surface area contributed by atoms with Crippen molar-refractivity contribution < 1.29 is 9.59 Å². The molecule has 0 saturated carbocycles. The molecule has 0 aliphatic carbocycles. The van der Waals surface area contributed by atoms with Crippen LogP contribution in [0.1, 0.15) is 18.5 Å². The van der Waals surface area contributed by atoms with Gasteiger partial charge in [-0.15, -0.1) is 0 Å². The number of rotatable bonds is 3. The van der Waals surface area contributed by atoms with Gasteiger partial charge in [0.1, 0.15) is 0 Å². The first kappa shape index (κ1) is 10.7. The molecule has 1 aromatic heterocycles. The van der Waals surface area contributed by atoms with Crippen LogP contribution in [0.15, 0.2) is 18.6 Å². The van der Waals surface area contributed by atoms with Crippen molar-refractivity contribution in [2.45, 2.75) is 25.4 Å². The van der Waals surface area contributed by atoms with Crippen LogP contribution in [-0.2, 0) is 16.1 Å². The van der Waals surface area contributed by atoms with Crippen LogP contribution in [0.25, 0.3) is 0 Å². The third kappa shape index (κ3) is 2.60. The first-order valence-electron chi connectivity index (χ1n) is 5.07. The third-order valence-corrected chi connectivity index (χ3v) is 2.39. The highest BCUT2D eigenvalue weighted by atomic mass is 16.2. The van der Waals surface area contributed by atoms with E-state index in [2.05, 4.69) is 20.6 Å². The third-order valence-electron chi connectivity index (χ3n) is 2.39. The lowest BCUT2D eigenvalue weighted by Gasteiger charge is -2.21. The van der Waals surface area contributed by atoms with E-state index in [-0.39, 0.29) is 17.9 Å². The highest BCUT2D eigenvalue weighted by molar-refractivity contribution is 6.00. The van der Waals surface area contributed by atoms with Crippen molar-refractivity contribution in [1.29, 1.82) is 0 Å². The first-order valence-corrected chi connectivity index (χ1v) is 5.07. The molecule has 1 unspecified atom stereocenters. The summed E-state index contributed by atoms with van der Waals surface area (Å²) in [6.07, 6.45) is 5.74. The molecular formula is C10H12N4O2. The maximum atomic E-state index is 11.4. The van der Waals surface area contributed by atoms with Gasteiger partial charge in [0, 0.05) is 31.6 Å². The van der Waals surface area contributed by atoms with Gasteiger partial charge in [0.05, 0.1) is 11.7 Å². The van der Waals surface area contributed by atoms with Crippen LogP contribution in [0.4, 0.5) is 0 Å². The molecule has 84 valence electrons. The fourth-order valence-corrected chi connectivity index (χ4v) is 1.54. The molecule has 1 atom stereocenters. The normalized spacial score (nSPS) is 20.6. The van der Waals surface area contributed by atoms with Crippen molar-refractivity contribution in [3.05, 3.63) is 24.3 Å². The average Bonchev–Trinajstić information content (AvgIpc) is 2.29. The number of carbonyl (C=O) groups is 2. The number of hydrogen-bond donors (Lipinski definition) is 2. The Kier molecular flexibility index (Phi) is 3.21. The number of nitrogens with one attached hydrogen (secondary N) is 2. The Morgan fingerprint density at radius 1 is 1.44 bits per heavy atom. The van der Waals surface area contributed by atoms with Crippen molar-refractivity contribution in [2.75, 3.05) is 0 Å². The molecular weight excluding hydrogens is 208 g/mol. The number of imide groups is 1. The Morgan fingerprint density at radius 2 is 2.31 bits per heavy atom. The maximum Gasteiger partial charge on any atom is 0.243 e. The van der Waals surface area contributed by atoms with E-state index in [1.807, 2.05) is 0 Å². The maximum absolute atomic E-state index is 11.4. The lowest BCUT2D eigenvalue weighted by molar-refractivity contribution is -0.134. The summed E-state index contributed by atoms with van der Waals surface area (Å²) in [6, 6.07) is -0.320. The zero-order valence-corrected chi connectivity index (χ0v) is 8.64. The Morgan fingerprint density at radius 3 is 3.00 bits per heavy atom. The van der Waals surface area contributed by atoms with Gasteiger partial charge in [-0.05, 0) is 6.42 Å². The van der Waals surface area contributed by atoms with E-state index < -0.39 is 0 Å². The van der Waals surface area contributed by atoms with Gasteiger partial charge in [-0.3, -0.25) is 24.9 Å². The zero-order chi connectivity index (χ0) is 11.4. The number of carbonyl (C=O) groups excluding carboxylic acids is 2. The summed E-state index contributed by atoms with van der Waals surface area (Å²) in [6.45, 7) is 0.472. The summed E-state index contributed by atoms with van der Waals surface area (Å²) in [7, 11) is 0. The van der Waals surface area contributed by atoms with Gasteiger partial charge in [-0.1, -0.05) is 0 Å². The van der Waals surface area contributed by atoms with Gasteiger partial charge in [-0.25, -0.2) is 0 Å². The predicted octanol–water partition coefficient (Wildman–Crippen LogP) is -0.629. The molecule has 1 aliphatic heterocycles. The van der Waals surface area contributed by atoms with E-state index >= 15 is 0 Å². The fraction of sp³-hybridized carbons (Fsp3) is 0.400. The highest BCUT2D eigenvalue weighted by Crippen LogP contribution is 2.04. The molecule has 1 aliphatic rings. The predicted molar refractivity (Wildman–Crippen MR) is 55.0 cm³/mol.